The van der Waals surface area contributed by atoms with Crippen molar-refractivity contribution < 1.29 is 19.4 Å². The summed E-state index contributed by atoms with van der Waals surface area (Å²) in [6, 6.07) is 0. The van der Waals surface area contributed by atoms with Crippen molar-refractivity contribution in [2.75, 3.05) is 20.2 Å². The standard InChI is InChI=1S/C11H16N2O4S/c1-3-17-10(14)4-5-13(2)6-9-12-8(7-18-9)11(15)16/h7H,3-6H2,1-2H3,(H,15,16). The fourth-order valence-corrected chi connectivity index (χ4v) is 2.15. The summed E-state index contributed by atoms with van der Waals surface area (Å²) in [4.78, 5) is 27.7. The van der Waals surface area contributed by atoms with E-state index in [1.165, 1.54) is 16.7 Å². The van der Waals surface area contributed by atoms with Gasteiger partial charge in [0.25, 0.3) is 0 Å². The third-order valence-electron chi connectivity index (χ3n) is 2.18. The Morgan fingerprint density at radius 1 is 1.56 bits per heavy atom. The first-order valence-corrected chi connectivity index (χ1v) is 6.42. The fraction of sp³-hybridized carbons (Fsp3) is 0.545. The predicted octanol–water partition coefficient (Wildman–Crippen LogP) is 1.23. The zero-order valence-corrected chi connectivity index (χ0v) is 11.2. The van der Waals surface area contributed by atoms with Crippen LogP contribution in [0.2, 0.25) is 0 Å². The van der Waals surface area contributed by atoms with Gasteiger partial charge in [0.15, 0.2) is 5.69 Å². The van der Waals surface area contributed by atoms with E-state index in [2.05, 4.69) is 4.98 Å². The van der Waals surface area contributed by atoms with Gasteiger partial charge in [0, 0.05) is 11.9 Å². The average Bonchev–Trinajstić information content (AvgIpc) is 2.75. The van der Waals surface area contributed by atoms with Crippen molar-refractivity contribution in [2.24, 2.45) is 0 Å². The van der Waals surface area contributed by atoms with Crippen LogP contribution < -0.4 is 0 Å². The number of rotatable bonds is 7. The van der Waals surface area contributed by atoms with Crippen LogP contribution in [-0.2, 0) is 16.1 Å². The molecule has 100 valence electrons. The van der Waals surface area contributed by atoms with Crippen LogP contribution in [-0.4, -0.2) is 47.1 Å². The lowest BCUT2D eigenvalue weighted by Gasteiger charge is -2.13. The number of thiazole rings is 1. The van der Waals surface area contributed by atoms with Gasteiger partial charge in [-0.05, 0) is 14.0 Å². The highest BCUT2D eigenvalue weighted by molar-refractivity contribution is 7.09. The quantitative estimate of drug-likeness (QED) is 0.752. The Morgan fingerprint density at radius 3 is 2.83 bits per heavy atom. The van der Waals surface area contributed by atoms with E-state index in [9.17, 15) is 9.59 Å². The number of aromatic nitrogens is 1. The summed E-state index contributed by atoms with van der Waals surface area (Å²) in [6.45, 7) is 3.24. The molecule has 6 nitrogen and oxygen atoms in total. The molecule has 0 spiro atoms. The number of carbonyl (C=O) groups excluding carboxylic acids is 1. The second-order valence-corrected chi connectivity index (χ2v) is 4.67. The summed E-state index contributed by atoms with van der Waals surface area (Å²) >= 11 is 1.30. The maximum atomic E-state index is 11.2. The topological polar surface area (TPSA) is 79.7 Å². The molecular weight excluding hydrogens is 256 g/mol. The molecule has 1 N–H and O–H groups in total. The van der Waals surface area contributed by atoms with Gasteiger partial charge in [0.1, 0.15) is 5.01 Å². The minimum Gasteiger partial charge on any atom is -0.476 e. The van der Waals surface area contributed by atoms with Crippen LogP contribution in [0.25, 0.3) is 0 Å². The second kappa shape index (κ2) is 7.07. The lowest BCUT2D eigenvalue weighted by molar-refractivity contribution is -0.143. The average molecular weight is 272 g/mol. The molecule has 0 fully saturated rings. The molecule has 18 heavy (non-hydrogen) atoms. The molecule has 0 unspecified atom stereocenters. The van der Waals surface area contributed by atoms with E-state index in [1.807, 2.05) is 11.9 Å². The molecule has 1 heterocycles. The number of ether oxygens (including phenoxy) is 1. The minimum atomic E-state index is -1.02. The van der Waals surface area contributed by atoms with E-state index in [0.29, 0.717) is 26.1 Å². The third kappa shape index (κ3) is 4.80. The lowest BCUT2D eigenvalue weighted by atomic mass is 10.4. The zero-order valence-electron chi connectivity index (χ0n) is 10.4. The molecule has 0 aliphatic carbocycles. The zero-order chi connectivity index (χ0) is 13.5. The molecule has 0 radical (unpaired) electrons. The van der Waals surface area contributed by atoms with Gasteiger partial charge in [0.2, 0.25) is 0 Å². The molecule has 1 rings (SSSR count). The SMILES string of the molecule is CCOC(=O)CCN(C)Cc1nc(C(=O)O)cs1. The Labute approximate surface area is 109 Å². The highest BCUT2D eigenvalue weighted by Gasteiger charge is 2.11. The van der Waals surface area contributed by atoms with Crippen LogP contribution in [0.15, 0.2) is 5.38 Å². The van der Waals surface area contributed by atoms with Gasteiger partial charge in [-0.1, -0.05) is 0 Å². The molecule has 0 amide bonds. The molecule has 0 saturated carbocycles. The number of hydrogen-bond donors (Lipinski definition) is 1. The van der Waals surface area contributed by atoms with Crippen LogP contribution >= 0.6 is 11.3 Å². The maximum Gasteiger partial charge on any atom is 0.355 e. The largest absolute Gasteiger partial charge is 0.476 e. The van der Waals surface area contributed by atoms with Gasteiger partial charge in [0.05, 0.1) is 19.6 Å². The van der Waals surface area contributed by atoms with Gasteiger partial charge >= 0.3 is 11.9 Å². The van der Waals surface area contributed by atoms with Crippen LogP contribution in [0.1, 0.15) is 28.8 Å². The number of aromatic carboxylic acids is 1. The molecule has 7 heteroatoms. The molecule has 1 aromatic rings. The van der Waals surface area contributed by atoms with Gasteiger partial charge < -0.3 is 9.84 Å². The third-order valence-corrected chi connectivity index (χ3v) is 3.01. The van der Waals surface area contributed by atoms with E-state index < -0.39 is 5.97 Å². The first-order valence-electron chi connectivity index (χ1n) is 5.54. The Morgan fingerprint density at radius 2 is 2.28 bits per heavy atom. The molecule has 0 aliphatic heterocycles. The summed E-state index contributed by atoms with van der Waals surface area (Å²) < 4.78 is 4.82. The van der Waals surface area contributed by atoms with Crippen LogP contribution in [0, 0.1) is 0 Å². The first kappa shape index (κ1) is 14.6. The summed E-state index contributed by atoms with van der Waals surface area (Å²) in [5.74, 6) is -1.25. The van der Waals surface area contributed by atoms with E-state index in [4.69, 9.17) is 9.84 Å². The number of hydrogen-bond acceptors (Lipinski definition) is 6. The summed E-state index contributed by atoms with van der Waals surface area (Å²) in [6.07, 6.45) is 0.321. The van der Waals surface area contributed by atoms with Crippen molar-refractivity contribution in [1.29, 1.82) is 0 Å². The Balaban J connectivity index is 2.37. The number of carboxylic acid groups (broad SMARTS) is 1. The first-order chi connectivity index (χ1) is 8.52. The molecule has 0 atom stereocenters. The van der Waals surface area contributed by atoms with Gasteiger partial charge in [-0.2, -0.15) is 0 Å². The molecule has 0 saturated heterocycles. The number of esters is 1. The molecule has 0 aromatic carbocycles. The molecular formula is C11H16N2O4S. The summed E-state index contributed by atoms with van der Waals surface area (Å²) in [7, 11) is 1.85. The maximum absolute atomic E-state index is 11.2. The number of carbonyl (C=O) groups is 2. The van der Waals surface area contributed by atoms with Gasteiger partial charge in [-0.25, -0.2) is 9.78 Å². The minimum absolute atomic E-state index is 0.0637. The molecule has 0 aliphatic rings. The highest BCUT2D eigenvalue weighted by atomic mass is 32.1. The van der Waals surface area contributed by atoms with E-state index in [1.54, 1.807) is 6.92 Å². The summed E-state index contributed by atoms with van der Waals surface area (Å²) in [5, 5.41) is 11.0. The second-order valence-electron chi connectivity index (χ2n) is 3.72. The molecule has 1 aromatic heterocycles. The van der Waals surface area contributed by atoms with Crippen LogP contribution in [0.4, 0.5) is 0 Å². The van der Waals surface area contributed by atoms with Crippen molar-refractivity contribution in [1.82, 2.24) is 9.88 Å². The normalized spacial score (nSPS) is 10.6. The van der Waals surface area contributed by atoms with Crippen LogP contribution in [0.5, 0.6) is 0 Å². The van der Waals surface area contributed by atoms with Crippen molar-refractivity contribution in [3.63, 3.8) is 0 Å². The number of nitrogens with zero attached hydrogens (tertiary/aromatic N) is 2. The van der Waals surface area contributed by atoms with Crippen molar-refractivity contribution in [3.05, 3.63) is 16.1 Å². The lowest BCUT2D eigenvalue weighted by Crippen LogP contribution is -2.22. The fourth-order valence-electron chi connectivity index (χ4n) is 1.31. The van der Waals surface area contributed by atoms with Crippen molar-refractivity contribution in [2.45, 2.75) is 19.9 Å². The highest BCUT2D eigenvalue weighted by Crippen LogP contribution is 2.11. The number of carboxylic acids is 1. The van der Waals surface area contributed by atoms with Crippen molar-refractivity contribution in [3.8, 4) is 0 Å². The van der Waals surface area contributed by atoms with E-state index >= 15 is 0 Å². The van der Waals surface area contributed by atoms with Gasteiger partial charge in [-0.15, -0.1) is 11.3 Å². The smallest absolute Gasteiger partial charge is 0.355 e. The van der Waals surface area contributed by atoms with Crippen LogP contribution in [0.3, 0.4) is 0 Å². The van der Waals surface area contributed by atoms with Gasteiger partial charge in [-0.3, -0.25) is 9.69 Å². The Hall–Kier alpha value is -1.47. The Kier molecular flexibility index (Phi) is 5.73. The monoisotopic (exact) mass is 272 g/mol. The Bertz CT molecular complexity index is 419. The van der Waals surface area contributed by atoms with E-state index in [-0.39, 0.29) is 11.7 Å². The summed E-state index contributed by atoms with van der Waals surface area (Å²) in [5.41, 5.74) is 0.0637. The molecule has 0 bridgehead atoms. The predicted molar refractivity (Wildman–Crippen MR) is 66.7 cm³/mol. The van der Waals surface area contributed by atoms with Crippen molar-refractivity contribution >= 4 is 23.3 Å². The van der Waals surface area contributed by atoms with E-state index in [0.717, 1.165) is 5.01 Å².